The molecule has 0 bridgehead atoms. The number of rotatable bonds is 2. The molecule has 3 nitrogen and oxygen atoms in total. The quantitative estimate of drug-likeness (QED) is 0.580. The number of carbonyl (C=O) groups excluding carboxylic acids is 1. The number of aryl methyl sites for hydroxylation is 2. The van der Waals surface area contributed by atoms with Gasteiger partial charge in [0.1, 0.15) is 0 Å². The van der Waals surface area contributed by atoms with E-state index in [1.807, 2.05) is 32.0 Å². The molecule has 0 aliphatic rings. The molecule has 1 aromatic carbocycles. The van der Waals surface area contributed by atoms with Crippen LogP contribution in [0.15, 0.2) is 41.4 Å². The first-order chi connectivity index (χ1) is 8.20. The highest BCUT2D eigenvalue weighted by Gasteiger charge is 2.02. The van der Waals surface area contributed by atoms with Crippen LogP contribution in [0.1, 0.15) is 11.4 Å². The molecule has 17 heavy (non-hydrogen) atoms. The zero-order valence-electron chi connectivity index (χ0n) is 9.77. The lowest BCUT2D eigenvalue weighted by Gasteiger charge is -2.06. The van der Waals surface area contributed by atoms with Crippen LogP contribution in [0.3, 0.4) is 0 Å². The Labute approximate surface area is 99.9 Å². The molecule has 0 radical (unpaired) electrons. The van der Waals surface area contributed by atoms with Crippen molar-refractivity contribution in [3.63, 3.8) is 0 Å². The Morgan fingerprint density at radius 2 is 1.76 bits per heavy atom. The number of nitrogens with zero attached hydrogens (tertiary/aromatic N) is 2. The summed E-state index contributed by atoms with van der Waals surface area (Å²) >= 11 is 0. The molecule has 84 valence electrons. The second-order valence-electron chi connectivity index (χ2n) is 3.84. The van der Waals surface area contributed by atoms with Crippen molar-refractivity contribution in [1.82, 2.24) is 4.98 Å². The number of isocyanates is 1. The van der Waals surface area contributed by atoms with E-state index >= 15 is 0 Å². The zero-order valence-corrected chi connectivity index (χ0v) is 9.77. The average Bonchev–Trinajstić information content (AvgIpc) is 2.31. The van der Waals surface area contributed by atoms with E-state index < -0.39 is 0 Å². The van der Waals surface area contributed by atoms with Crippen molar-refractivity contribution in [2.75, 3.05) is 0 Å². The van der Waals surface area contributed by atoms with E-state index in [0.717, 1.165) is 22.5 Å². The van der Waals surface area contributed by atoms with Gasteiger partial charge in [-0.25, -0.2) is 4.79 Å². The van der Waals surface area contributed by atoms with Crippen LogP contribution in [0.5, 0.6) is 0 Å². The number of aliphatic imine (C=N–C) groups is 1. The molecule has 0 aliphatic carbocycles. The molecule has 0 amide bonds. The van der Waals surface area contributed by atoms with E-state index in [2.05, 4.69) is 16.0 Å². The number of hydrogen-bond acceptors (Lipinski definition) is 3. The number of aromatic nitrogens is 1. The predicted molar refractivity (Wildman–Crippen MR) is 66.9 cm³/mol. The van der Waals surface area contributed by atoms with Crippen molar-refractivity contribution in [3.05, 3.63) is 47.8 Å². The van der Waals surface area contributed by atoms with E-state index in [1.54, 1.807) is 12.1 Å². The van der Waals surface area contributed by atoms with Gasteiger partial charge in [-0.2, -0.15) is 4.99 Å². The lowest BCUT2D eigenvalue weighted by Crippen LogP contribution is -1.89. The number of benzene rings is 1. The van der Waals surface area contributed by atoms with Gasteiger partial charge < -0.3 is 0 Å². The van der Waals surface area contributed by atoms with Crippen LogP contribution in [-0.4, -0.2) is 11.1 Å². The summed E-state index contributed by atoms with van der Waals surface area (Å²) in [5.74, 6) is 0. The molecule has 1 aromatic heterocycles. The molecule has 1 heterocycles. The third kappa shape index (κ3) is 2.47. The standard InChI is InChI=1S/C14H12N2O/c1-10-3-8-14(11(2)16-10)12-4-6-13(7-5-12)15-9-17/h3-8H,1-2H3. The van der Waals surface area contributed by atoms with E-state index in [-0.39, 0.29) is 0 Å². The monoisotopic (exact) mass is 224 g/mol. The van der Waals surface area contributed by atoms with E-state index in [9.17, 15) is 4.79 Å². The molecule has 0 atom stereocenters. The summed E-state index contributed by atoms with van der Waals surface area (Å²) in [6.07, 6.45) is 1.52. The Balaban J connectivity index is 2.43. The summed E-state index contributed by atoms with van der Waals surface area (Å²) in [4.78, 5) is 18.1. The normalized spacial score (nSPS) is 9.76. The minimum Gasteiger partial charge on any atom is -0.258 e. The molecule has 0 spiro atoms. The molecule has 3 heteroatoms. The largest absolute Gasteiger partial charge is 0.258 e. The molecule has 0 saturated heterocycles. The Morgan fingerprint density at radius 3 is 2.35 bits per heavy atom. The van der Waals surface area contributed by atoms with Gasteiger partial charge in [0, 0.05) is 17.0 Å². The Hall–Kier alpha value is -2.25. The van der Waals surface area contributed by atoms with Crippen LogP contribution in [0.2, 0.25) is 0 Å². The van der Waals surface area contributed by atoms with Crippen LogP contribution in [0.4, 0.5) is 5.69 Å². The molecule has 0 saturated carbocycles. The second-order valence-corrected chi connectivity index (χ2v) is 3.84. The Kier molecular flexibility index (Phi) is 3.12. The molecular formula is C14H12N2O. The lowest BCUT2D eigenvalue weighted by atomic mass is 10.0. The fourth-order valence-corrected chi connectivity index (χ4v) is 1.76. The maximum atomic E-state index is 10.1. The van der Waals surface area contributed by atoms with Gasteiger partial charge in [-0.1, -0.05) is 18.2 Å². The van der Waals surface area contributed by atoms with Gasteiger partial charge in [-0.3, -0.25) is 4.98 Å². The van der Waals surface area contributed by atoms with Crippen molar-refractivity contribution in [2.45, 2.75) is 13.8 Å². The predicted octanol–water partition coefficient (Wildman–Crippen LogP) is 3.33. The first-order valence-electron chi connectivity index (χ1n) is 5.33. The van der Waals surface area contributed by atoms with Crippen molar-refractivity contribution < 1.29 is 4.79 Å². The molecule has 0 unspecified atom stereocenters. The minimum atomic E-state index is 0.612. The summed E-state index contributed by atoms with van der Waals surface area (Å²) in [6, 6.07) is 11.5. The first-order valence-corrected chi connectivity index (χ1v) is 5.33. The number of pyridine rings is 1. The zero-order chi connectivity index (χ0) is 12.3. The summed E-state index contributed by atoms with van der Waals surface area (Å²) in [7, 11) is 0. The highest BCUT2D eigenvalue weighted by Crippen LogP contribution is 2.24. The van der Waals surface area contributed by atoms with Gasteiger partial charge in [0.2, 0.25) is 6.08 Å². The Bertz CT molecular complexity index is 582. The van der Waals surface area contributed by atoms with E-state index in [1.165, 1.54) is 6.08 Å². The van der Waals surface area contributed by atoms with Crippen molar-refractivity contribution in [1.29, 1.82) is 0 Å². The molecule has 2 aromatic rings. The van der Waals surface area contributed by atoms with Crippen LogP contribution in [0.25, 0.3) is 11.1 Å². The van der Waals surface area contributed by atoms with Crippen LogP contribution < -0.4 is 0 Å². The summed E-state index contributed by atoms with van der Waals surface area (Å²) in [5.41, 5.74) is 4.78. The molecule has 0 aliphatic heterocycles. The highest BCUT2D eigenvalue weighted by atomic mass is 16.1. The molecule has 2 rings (SSSR count). The lowest BCUT2D eigenvalue weighted by molar-refractivity contribution is 0.565. The first kappa shape index (κ1) is 11.2. The summed E-state index contributed by atoms with van der Waals surface area (Å²) in [6.45, 7) is 3.96. The fourth-order valence-electron chi connectivity index (χ4n) is 1.76. The van der Waals surface area contributed by atoms with Gasteiger partial charge in [0.25, 0.3) is 0 Å². The van der Waals surface area contributed by atoms with Gasteiger partial charge in [0.15, 0.2) is 0 Å². The smallest absolute Gasteiger partial charge is 0.240 e. The summed E-state index contributed by atoms with van der Waals surface area (Å²) < 4.78 is 0. The SMILES string of the molecule is Cc1ccc(-c2ccc(N=C=O)cc2)c(C)n1. The molecule has 0 fully saturated rings. The van der Waals surface area contributed by atoms with E-state index in [0.29, 0.717) is 5.69 Å². The Morgan fingerprint density at radius 1 is 1.06 bits per heavy atom. The van der Waals surface area contributed by atoms with Crippen LogP contribution in [-0.2, 0) is 4.79 Å². The van der Waals surface area contributed by atoms with Crippen LogP contribution in [0, 0.1) is 13.8 Å². The molecule has 0 N–H and O–H groups in total. The van der Waals surface area contributed by atoms with E-state index in [4.69, 9.17) is 0 Å². The van der Waals surface area contributed by atoms with Crippen molar-refractivity contribution in [3.8, 4) is 11.1 Å². The van der Waals surface area contributed by atoms with Crippen LogP contribution >= 0.6 is 0 Å². The maximum Gasteiger partial charge on any atom is 0.240 e. The average molecular weight is 224 g/mol. The molecular weight excluding hydrogens is 212 g/mol. The number of hydrogen-bond donors (Lipinski definition) is 0. The topological polar surface area (TPSA) is 42.3 Å². The van der Waals surface area contributed by atoms with Gasteiger partial charge in [-0.15, -0.1) is 0 Å². The summed E-state index contributed by atoms with van der Waals surface area (Å²) in [5, 5.41) is 0. The van der Waals surface area contributed by atoms with Crippen molar-refractivity contribution >= 4 is 11.8 Å². The maximum absolute atomic E-state index is 10.1. The third-order valence-electron chi connectivity index (χ3n) is 2.58. The van der Waals surface area contributed by atoms with Gasteiger partial charge in [-0.05, 0) is 37.6 Å². The van der Waals surface area contributed by atoms with Gasteiger partial charge in [0.05, 0.1) is 5.69 Å². The third-order valence-corrected chi connectivity index (χ3v) is 2.58. The minimum absolute atomic E-state index is 0.612. The highest BCUT2D eigenvalue weighted by molar-refractivity contribution is 5.67. The van der Waals surface area contributed by atoms with Crippen molar-refractivity contribution in [2.24, 2.45) is 4.99 Å². The second kappa shape index (κ2) is 4.73. The fraction of sp³-hybridized carbons (Fsp3) is 0.143. The van der Waals surface area contributed by atoms with Gasteiger partial charge >= 0.3 is 0 Å².